The summed E-state index contributed by atoms with van der Waals surface area (Å²) in [7, 11) is 0. The zero-order valence-corrected chi connectivity index (χ0v) is 11.6. The monoisotopic (exact) mass is 268 g/mol. The molecule has 2 aliphatic heterocycles. The van der Waals surface area contributed by atoms with E-state index in [0.717, 1.165) is 13.1 Å². The fraction of sp³-hybridized carbons (Fsp3) is 0.846. The second-order valence-corrected chi connectivity index (χ2v) is 5.48. The molecule has 6 nitrogen and oxygen atoms in total. The first-order chi connectivity index (χ1) is 9.16. The van der Waals surface area contributed by atoms with Gasteiger partial charge in [-0.1, -0.05) is 6.92 Å². The Bertz CT molecular complexity index is 335. The summed E-state index contributed by atoms with van der Waals surface area (Å²) in [6, 6.07) is 0.358. The average molecular weight is 268 g/mol. The second kappa shape index (κ2) is 6.86. The van der Waals surface area contributed by atoms with Crippen molar-refractivity contribution in [2.24, 2.45) is 5.92 Å². The maximum Gasteiger partial charge on any atom is 0.239 e. The fourth-order valence-corrected chi connectivity index (χ4v) is 2.65. The van der Waals surface area contributed by atoms with Crippen molar-refractivity contribution in [3.05, 3.63) is 0 Å². The highest BCUT2D eigenvalue weighted by molar-refractivity contribution is 5.86. The van der Waals surface area contributed by atoms with Crippen LogP contribution in [-0.2, 0) is 9.59 Å². The van der Waals surface area contributed by atoms with E-state index < -0.39 is 0 Å². The molecule has 0 aliphatic carbocycles. The van der Waals surface area contributed by atoms with Crippen LogP contribution in [0.1, 0.15) is 19.8 Å². The molecule has 0 aromatic heterocycles. The molecule has 6 heteroatoms. The zero-order chi connectivity index (χ0) is 13.7. The largest absolute Gasteiger partial charge is 0.353 e. The van der Waals surface area contributed by atoms with Crippen LogP contribution in [0.4, 0.5) is 0 Å². The normalized spacial score (nSPS) is 28.3. The standard InChI is InChI=1S/C13H24N4O2/c1-10-3-2-4-15-11(10)7-16-12(18)9-17-6-5-14-8-13(17)19/h10-11,14-15H,2-9H2,1H3,(H,16,18). The number of carbonyl (C=O) groups excluding carboxylic acids is 2. The molecule has 2 saturated heterocycles. The summed E-state index contributed by atoms with van der Waals surface area (Å²) in [4.78, 5) is 25.0. The van der Waals surface area contributed by atoms with Crippen LogP contribution < -0.4 is 16.0 Å². The zero-order valence-electron chi connectivity index (χ0n) is 11.6. The number of hydrogen-bond acceptors (Lipinski definition) is 4. The Morgan fingerprint density at radius 3 is 3.05 bits per heavy atom. The van der Waals surface area contributed by atoms with Gasteiger partial charge < -0.3 is 20.9 Å². The van der Waals surface area contributed by atoms with Gasteiger partial charge in [-0.3, -0.25) is 9.59 Å². The molecule has 108 valence electrons. The molecule has 0 spiro atoms. The quantitative estimate of drug-likeness (QED) is 0.606. The lowest BCUT2D eigenvalue weighted by Crippen LogP contribution is -2.53. The first-order valence-corrected chi connectivity index (χ1v) is 7.15. The van der Waals surface area contributed by atoms with Gasteiger partial charge >= 0.3 is 0 Å². The first kappa shape index (κ1) is 14.3. The number of amides is 2. The summed E-state index contributed by atoms with van der Waals surface area (Å²) in [5.74, 6) is 0.537. The van der Waals surface area contributed by atoms with Crippen molar-refractivity contribution in [2.45, 2.75) is 25.8 Å². The van der Waals surface area contributed by atoms with Gasteiger partial charge in [-0.05, 0) is 25.3 Å². The SMILES string of the molecule is CC1CCCNC1CNC(=O)CN1CCNCC1=O. The van der Waals surface area contributed by atoms with E-state index in [1.165, 1.54) is 12.8 Å². The van der Waals surface area contributed by atoms with Gasteiger partial charge in [-0.2, -0.15) is 0 Å². The average Bonchev–Trinajstić information content (AvgIpc) is 2.40. The van der Waals surface area contributed by atoms with E-state index in [-0.39, 0.29) is 18.4 Å². The summed E-state index contributed by atoms with van der Waals surface area (Å²) in [5.41, 5.74) is 0. The van der Waals surface area contributed by atoms with E-state index in [2.05, 4.69) is 22.9 Å². The van der Waals surface area contributed by atoms with Crippen LogP contribution in [0.15, 0.2) is 0 Å². The van der Waals surface area contributed by atoms with Crippen LogP contribution in [0, 0.1) is 5.92 Å². The maximum atomic E-state index is 11.9. The van der Waals surface area contributed by atoms with E-state index in [9.17, 15) is 9.59 Å². The Labute approximate surface area is 114 Å². The van der Waals surface area contributed by atoms with Crippen LogP contribution in [0.5, 0.6) is 0 Å². The molecule has 2 unspecified atom stereocenters. The molecule has 2 aliphatic rings. The van der Waals surface area contributed by atoms with Crippen molar-refractivity contribution in [3.63, 3.8) is 0 Å². The molecule has 2 fully saturated rings. The minimum Gasteiger partial charge on any atom is -0.353 e. The molecular formula is C13H24N4O2. The van der Waals surface area contributed by atoms with Crippen LogP contribution in [0.3, 0.4) is 0 Å². The summed E-state index contributed by atoms with van der Waals surface area (Å²) >= 11 is 0. The molecule has 2 amide bonds. The molecule has 0 aromatic carbocycles. The number of nitrogens with zero attached hydrogens (tertiary/aromatic N) is 1. The van der Waals surface area contributed by atoms with Crippen molar-refractivity contribution < 1.29 is 9.59 Å². The van der Waals surface area contributed by atoms with Crippen LogP contribution in [0.2, 0.25) is 0 Å². The Balaban J connectivity index is 1.70. The summed E-state index contributed by atoms with van der Waals surface area (Å²) in [6.45, 7) is 5.80. The van der Waals surface area contributed by atoms with Gasteiger partial charge in [0.2, 0.25) is 11.8 Å². The van der Waals surface area contributed by atoms with E-state index in [1.54, 1.807) is 4.90 Å². The number of carbonyl (C=O) groups is 2. The van der Waals surface area contributed by atoms with Gasteiger partial charge in [0.15, 0.2) is 0 Å². The molecule has 0 saturated carbocycles. The van der Waals surface area contributed by atoms with Gasteiger partial charge in [0, 0.05) is 25.7 Å². The highest BCUT2D eigenvalue weighted by atomic mass is 16.2. The number of nitrogens with one attached hydrogen (secondary N) is 3. The van der Waals surface area contributed by atoms with Gasteiger partial charge in [0.25, 0.3) is 0 Å². The maximum absolute atomic E-state index is 11.9. The topological polar surface area (TPSA) is 73.5 Å². The summed E-state index contributed by atoms with van der Waals surface area (Å²) in [5, 5.41) is 9.36. The molecule has 2 atom stereocenters. The lowest BCUT2D eigenvalue weighted by atomic mass is 9.93. The third-order valence-electron chi connectivity index (χ3n) is 3.97. The molecule has 19 heavy (non-hydrogen) atoms. The molecule has 2 rings (SSSR count). The lowest BCUT2D eigenvalue weighted by molar-refractivity contribution is -0.136. The predicted molar refractivity (Wildman–Crippen MR) is 72.6 cm³/mol. The highest BCUT2D eigenvalue weighted by Gasteiger charge is 2.23. The summed E-state index contributed by atoms with van der Waals surface area (Å²) in [6.07, 6.45) is 2.42. The van der Waals surface area contributed by atoms with Crippen LogP contribution in [-0.4, -0.2) is 62.0 Å². The Kier molecular flexibility index (Phi) is 5.15. The van der Waals surface area contributed by atoms with Crippen molar-refractivity contribution in [1.29, 1.82) is 0 Å². The van der Waals surface area contributed by atoms with Crippen molar-refractivity contribution in [3.8, 4) is 0 Å². The van der Waals surface area contributed by atoms with E-state index in [1.807, 2.05) is 0 Å². The third kappa shape index (κ3) is 4.18. The lowest BCUT2D eigenvalue weighted by Gasteiger charge is -2.31. The van der Waals surface area contributed by atoms with E-state index in [4.69, 9.17) is 0 Å². The number of hydrogen-bond donors (Lipinski definition) is 3. The second-order valence-electron chi connectivity index (χ2n) is 5.48. The minimum absolute atomic E-state index is 0.00515. The molecule has 3 N–H and O–H groups in total. The Morgan fingerprint density at radius 1 is 1.47 bits per heavy atom. The van der Waals surface area contributed by atoms with E-state index >= 15 is 0 Å². The fourth-order valence-electron chi connectivity index (χ4n) is 2.65. The Hall–Kier alpha value is -1.14. The number of piperazine rings is 1. The van der Waals surface area contributed by atoms with Crippen molar-refractivity contribution in [1.82, 2.24) is 20.9 Å². The number of rotatable bonds is 4. The Morgan fingerprint density at radius 2 is 2.32 bits per heavy atom. The molecule has 0 bridgehead atoms. The predicted octanol–water partition coefficient (Wildman–Crippen LogP) is -1.08. The minimum atomic E-state index is -0.0603. The molecule has 0 aromatic rings. The highest BCUT2D eigenvalue weighted by Crippen LogP contribution is 2.14. The van der Waals surface area contributed by atoms with E-state index in [0.29, 0.717) is 31.6 Å². The van der Waals surface area contributed by atoms with Crippen molar-refractivity contribution in [2.75, 3.05) is 39.3 Å². The van der Waals surface area contributed by atoms with Gasteiger partial charge in [-0.15, -0.1) is 0 Å². The first-order valence-electron chi connectivity index (χ1n) is 7.15. The third-order valence-corrected chi connectivity index (χ3v) is 3.97. The molecular weight excluding hydrogens is 244 g/mol. The molecule has 2 heterocycles. The summed E-state index contributed by atoms with van der Waals surface area (Å²) < 4.78 is 0. The molecule has 0 radical (unpaired) electrons. The number of piperidine rings is 1. The van der Waals surface area contributed by atoms with Gasteiger partial charge in [-0.25, -0.2) is 0 Å². The van der Waals surface area contributed by atoms with Crippen molar-refractivity contribution >= 4 is 11.8 Å². The van der Waals surface area contributed by atoms with Crippen LogP contribution >= 0.6 is 0 Å². The van der Waals surface area contributed by atoms with Gasteiger partial charge in [0.05, 0.1) is 13.1 Å². The van der Waals surface area contributed by atoms with Crippen LogP contribution in [0.25, 0.3) is 0 Å². The van der Waals surface area contributed by atoms with Gasteiger partial charge in [0.1, 0.15) is 0 Å². The smallest absolute Gasteiger partial charge is 0.239 e.